The van der Waals surface area contributed by atoms with Gasteiger partial charge >= 0.3 is 0 Å². The summed E-state index contributed by atoms with van der Waals surface area (Å²) >= 11 is 1.86. The third kappa shape index (κ3) is 3.03. The van der Waals surface area contributed by atoms with Crippen molar-refractivity contribution in [1.82, 2.24) is 4.90 Å². The van der Waals surface area contributed by atoms with Gasteiger partial charge in [0.1, 0.15) is 18.6 Å². The summed E-state index contributed by atoms with van der Waals surface area (Å²) in [4.78, 5) is 15.0. The van der Waals surface area contributed by atoms with Gasteiger partial charge in [0.2, 0.25) is 5.91 Å². The van der Waals surface area contributed by atoms with Crippen molar-refractivity contribution in [2.24, 2.45) is 5.92 Å². The lowest BCUT2D eigenvalue weighted by atomic mass is 9.88. The van der Waals surface area contributed by atoms with E-state index in [-0.39, 0.29) is 11.3 Å². The Morgan fingerprint density at radius 3 is 2.70 bits per heavy atom. The molecule has 0 N–H and O–H groups in total. The van der Waals surface area contributed by atoms with Gasteiger partial charge in [-0.3, -0.25) is 4.79 Å². The number of carbonyl (C=O) groups excluding carboxylic acids is 1. The molecule has 124 valence electrons. The number of fused-ring (bicyclic) bond motifs is 1. The van der Waals surface area contributed by atoms with Gasteiger partial charge in [-0.15, -0.1) is 11.8 Å². The molecule has 1 saturated heterocycles. The number of thioether (sulfide) groups is 1. The molecule has 1 aromatic carbocycles. The predicted octanol–water partition coefficient (Wildman–Crippen LogP) is 3.61. The first-order valence-electron chi connectivity index (χ1n) is 8.64. The highest BCUT2D eigenvalue weighted by Gasteiger charge is 2.35. The van der Waals surface area contributed by atoms with Crippen LogP contribution in [0.1, 0.15) is 43.0 Å². The maximum Gasteiger partial charge on any atom is 0.226 e. The first-order valence-corrected chi connectivity index (χ1v) is 9.69. The van der Waals surface area contributed by atoms with Crippen LogP contribution in [-0.2, 0) is 4.79 Å². The summed E-state index contributed by atoms with van der Waals surface area (Å²) in [5, 5.41) is 0.125. The first-order chi connectivity index (χ1) is 11.3. The first kappa shape index (κ1) is 15.2. The number of hydrogen-bond donors (Lipinski definition) is 0. The summed E-state index contributed by atoms with van der Waals surface area (Å²) in [5.74, 6) is 3.23. The molecule has 1 unspecified atom stereocenters. The van der Waals surface area contributed by atoms with Gasteiger partial charge in [0.25, 0.3) is 0 Å². The summed E-state index contributed by atoms with van der Waals surface area (Å²) in [6, 6.07) is 6.11. The van der Waals surface area contributed by atoms with Crippen LogP contribution in [0.4, 0.5) is 0 Å². The molecule has 1 saturated carbocycles. The monoisotopic (exact) mass is 333 g/mol. The number of hydrogen-bond acceptors (Lipinski definition) is 4. The van der Waals surface area contributed by atoms with Crippen LogP contribution >= 0.6 is 11.8 Å². The highest BCUT2D eigenvalue weighted by atomic mass is 32.2. The number of amides is 1. The van der Waals surface area contributed by atoms with Gasteiger partial charge in [-0.05, 0) is 30.5 Å². The van der Waals surface area contributed by atoms with Crippen LogP contribution in [0, 0.1) is 5.92 Å². The third-order valence-electron chi connectivity index (χ3n) is 4.98. The maximum absolute atomic E-state index is 12.9. The molecule has 2 aliphatic heterocycles. The second kappa shape index (κ2) is 6.63. The van der Waals surface area contributed by atoms with Crippen molar-refractivity contribution in [2.75, 3.05) is 25.5 Å². The minimum atomic E-state index is 0.125. The highest BCUT2D eigenvalue weighted by Crippen LogP contribution is 2.43. The average Bonchev–Trinajstić information content (AvgIpc) is 3.11. The number of carbonyl (C=O) groups is 1. The smallest absolute Gasteiger partial charge is 0.226 e. The van der Waals surface area contributed by atoms with Gasteiger partial charge in [0.05, 0.1) is 0 Å². The van der Waals surface area contributed by atoms with Gasteiger partial charge in [-0.2, -0.15) is 0 Å². The number of benzene rings is 1. The Morgan fingerprint density at radius 1 is 1.09 bits per heavy atom. The van der Waals surface area contributed by atoms with Crippen LogP contribution < -0.4 is 9.47 Å². The minimum absolute atomic E-state index is 0.125. The summed E-state index contributed by atoms with van der Waals surface area (Å²) in [5.41, 5.74) is 1.15. The number of rotatable bonds is 2. The van der Waals surface area contributed by atoms with E-state index >= 15 is 0 Å². The zero-order valence-corrected chi connectivity index (χ0v) is 14.1. The van der Waals surface area contributed by atoms with E-state index in [1.54, 1.807) is 0 Å². The fourth-order valence-corrected chi connectivity index (χ4v) is 5.02. The van der Waals surface area contributed by atoms with Crippen LogP contribution in [0.3, 0.4) is 0 Å². The molecule has 2 heterocycles. The molecule has 1 amide bonds. The van der Waals surface area contributed by atoms with E-state index < -0.39 is 0 Å². The largest absolute Gasteiger partial charge is 0.486 e. The molecule has 3 aliphatic rings. The molecular weight excluding hydrogens is 310 g/mol. The van der Waals surface area contributed by atoms with Crippen molar-refractivity contribution in [3.8, 4) is 11.5 Å². The molecule has 0 aromatic heterocycles. The van der Waals surface area contributed by atoms with Gasteiger partial charge in [0, 0.05) is 18.2 Å². The van der Waals surface area contributed by atoms with Crippen LogP contribution in [0.2, 0.25) is 0 Å². The molecule has 1 aliphatic carbocycles. The predicted molar refractivity (Wildman–Crippen MR) is 90.9 cm³/mol. The standard InChI is InChI=1S/C18H23NO3S/c20-17(13-4-2-1-3-5-13)19-8-11-23-18(19)14-6-7-15-16(12-14)22-10-9-21-15/h6-7,12-13,18H,1-5,8-11H2. The lowest BCUT2D eigenvalue weighted by Gasteiger charge is -2.30. The molecule has 0 spiro atoms. The van der Waals surface area contributed by atoms with E-state index in [4.69, 9.17) is 9.47 Å². The Morgan fingerprint density at radius 2 is 1.87 bits per heavy atom. The van der Waals surface area contributed by atoms with Crippen molar-refractivity contribution < 1.29 is 14.3 Å². The van der Waals surface area contributed by atoms with Crippen molar-refractivity contribution >= 4 is 17.7 Å². The Balaban J connectivity index is 1.54. The molecule has 23 heavy (non-hydrogen) atoms. The SMILES string of the molecule is O=C(C1CCCCC1)N1CCSC1c1ccc2c(c1)OCCO2. The second-order valence-electron chi connectivity index (χ2n) is 6.49. The Labute approximate surface area is 141 Å². The van der Waals surface area contributed by atoms with Gasteiger partial charge in [0.15, 0.2) is 11.5 Å². The normalized spacial score (nSPS) is 24.7. The van der Waals surface area contributed by atoms with Gasteiger partial charge in [-0.1, -0.05) is 25.3 Å². The quantitative estimate of drug-likeness (QED) is 0.829. The zero-order valence-electron chi connectivity index (χ0n) is 13.3. The Kier molecular flexibility index (Phi) is 4.38. The van der Waals surface area contributed by atoms with Crippen LogP contribution in [0.5, 0.6) is 11.5 Å². The van der Waals surface area contributed by atoms with Crippen LogP contribution in [-0.4, -0.2) is 36.3 Å². The van der Waals surface area contributed by atoms with E-state index in [2.05, 4.69) is 17.0 Å². The second-order valence-corrected chi connectivity index (χ2v) is 7.68. The van der Waals surface area contributed by atoms with Crippen molar-refractivity contribution in [1.29, 1.82) is 0 Å². The topological polar surface area (TPSA) is 38.8 Å². The molecule has 2 fully saturated rings. The lowest BCUT2D eigenvalue weighted by Crippen LogP contribution is -2.36. The molecule has 1 atom stereocenters. The molecule has 0 radical (unpaired) electrons. The summed E-state index contributed by atoms with van der Waals surface area (Å²) in [6.07, 6.45) is 5.81. The lowest BCUT2D eigenvalue weighted by molar-refractivity contribution is -0.136. The molecule has 4 rings (SSSR count). The summed E-state index contributed by atoms with van der Waals surface area (Å²) < 4.78 is 11.3. The Bertz CT molecular complexity index is 586. The molecule has 1 aromatic rings. The number of nitrogens with zero attached hydrogens (tertiary/aromatic N) is 1. The van der Waals surface area contributed by atoms with Crippen LogP contribution in [0.15, 0.2) is 18.2 Å². The molecule has 4 nitrogen and oxygen atoms in total. The van der Waals surface area contributed by atoms with E-state index in [9.17, 15) is 4.79 Å². The molecular formula is C18H23NO3S. The van der Waals surface area contributed by atoms with E-state index in [0.717, 1.165) is 42.2 Å². The van der Waals surface area contributed by atoms with Gasteiger partial charge in [-0.25, -0.2) is 0 Å². The fourth-order valence-electron chi connectivity index (χ4n) is 3.77. The minimum Gasteiger partial charge on any atom is -0.486 e. The van der Waals surface area contributed by atoms with Crippen molar-refractivity contribution in [2.45, 2.75) is 37.5 Å². The average molecular weight is 333 g/mol. The molecule has 0 bridgehead atoms. The third-order valence-corrected chi connectivity index (χ3v) is 6.24. The highest BCUT2D eigenvalue weighted by molar-refractivity contribution is 7.99. The maximum atomic E-state index is 12.9. The summed E-state index contributed by atoms with van der Waals surface area (Å²) in [6.45, 7) is 2.06. The van der Waals surface area contributed by atoms with Crippen molar-refractivity contribution in [3.63, 3.8) is 0 Å². The Hall–Kier alpha value is -1.36. The van der Waals surface area contributed by atoms with Gasteiger partial charge < -0.3 is 14.4 Å². The summed E-state index contributed by atoms with van der Waals surface area (Å²) in [7, 11) is 0. The van der Waals surface area contributed by atoms with E-state index in [1.807, 2.05) is 17.8 Å². The van der Waals surface area contributed by atoms with Crippen molar-refractivity contribution in [3.05, 3.63) is 23.8 Å². The molecule has 5 heteroatoms. The van der Waals surface area contributed by atoms with Crippen LogP contribution in [0.25, 0.3) is 0 Å². The number of ether oxygens (including phenoxy) is 2. The zero-order chi connectivity index (χ0) is 15.6. The van der Waals surface area contributed by atoms with E-state index in [1.165, 1.54) is 19.3 Å². The van der Waals surface area contributed by atoms with E-state index in [0.29, 0.717) is 19.1 Å². The fraction of sp³-hybridized carbons (Fsp3) is 0.611.